The third-order valence-electron chi connectivity index (χ3n) is 4.94. The summed E-state index contributed by atoms with van der Waals surface area (Å²) >= 11 is 0. The van der Waals surface area contributed by atoms with Gasteiger partial charge in [0, 0.05) is 23.6 Å². The van der Waals surface area contributed by atoms with E-state index < -0.39 is 0 Å². The molecular weight excluding hydrogens is 344 g/mol. The van der Waals surface area contributed by atoms with Crippen molar-refractivity contribution in [3.8, 4) is 5.75 Å². The third-order valence-corrected chi connectivity index (χ3v) is 4.94. The van der Waals surface area contributed by atoms with Crippen molar-refractivity contribution in [2.45, 2.75) is 26.7 Å². The van der Waals surface area contributed by atoms with Gasteiger partial charge in [-0.3, -0.25) is 14.4 Å². The maximum absolute atomic E-state index is 13.3. The van der Waals surface area contributed by atoms with E-state index in [9.17, 15) is 14.4 Å². The maximum Gasteiger partial charge on any atom is 0.202 e. The molecule has 0 bridgehead atoms. The molecule has 27 heavy (non-hydrogen) atoms. The first kappa shape index (κ1) is 17.2. The van der Waals surface area contributed by atoms with E-state index in [4.69, 9.17) is 9.15 Å². The average Bonchev–Trinajstić information content (AvgIpc) is 2.65. The van der Waals surface area contributed by atoms with Crippen molar-refractivity contribution in [1.29, 1.82) is 0 Å². The van der Waals surface area contributed by atoms with E-state index in [0.717, 1.165) is 6.42 Å². The summed E-state index contributed by atoms with van der Waals surface area (Å²) in [6, 6.07) is 8.02. The molecule has 0 radical (unpaired) electrons. The van der Waals surface area contributed by atoms with Crippen LogP contribution < -0.4 is 10.2 Å². The van der Waals surface area contributed by atoms with Crippen molar-refractivity contribution in [3.05, 3.63) is 74.1 Å². The van der Waals surface area contributed by atoms with Gasteiger partial charge in [0.1, 0.15) is 17.1 Å². The number of carbonyl (C=O) groups is 2. The van der Waals surface area contributed by atoms with Crippen LogP contribution in [0.25, 0.3) is 11.0 Å². The Hall–Kier alpha value is -3.21. The molecule has 0 spiro atoms. The van der Waals surface area contributed by atoms with Gasteiger partial charge in [0.05, 0.1) is 23.6 Å². The minimum Gasteiger partial charge on any atom is -0.496 e. The average molecular weight is 362 g/mol. The van der Waals surface area contributed by atoms with Crippen LogP contribution in [0.5, 0.6) is 5.75 Å². The number of benzene rings is 2. The summed E-state index contributed by atoms with van der Waals surface area (Å²) in [6.07, 6.45) is 1.38. The fourth-order valence-corrected chi connectivity index (χ4v) is 3.74. The second-order valence-electron chi connectivity index (χ2n) is 6.69. The van der Waals surface area contributed by atoms with Crippen molar-refractivity contribution in [1.82, 2.24) is 0 Å². The van der Waals surface area contributed by atoms with Gasteiger partial charge in [0.15, 0.2) is 11.2 Å². The lowest BCUT2D eigenvalue weighted by atomic mass is 9.81. The Balaban J connectivity index is 2.13. The van der Waals surface area contributed by atoms with Gasteiger partial charge >= 0.3 is 0 Å². The van der Waals surface area contributed by atoms with E-state index in [1.54, 1.807) is 31.2 Å². The van der Waals surface area contributed by atoms with Gasteiger partial charge in [0.25, 0.3) is 0 Å². The molecule has 1 heterocycles. The van der Waals surface area contributed by atoms with Gasteiger partial charge in [-0.2, -0.15) is 0 Å². The van der Waals surface area contributed by atoms with Crippen LogP contribution in [-0.2, 0) is 6.42 Å². The van der Waals surface area contributed by atoms with Gasteiger partial charge in [-0.1, -0.05) is 19.1 Å². The number of hydrogen-bond acceptors (Lipinski definition) is 5. The zero-order valence-electron chi connectivity index (χ0n) is 15.3. The van der Waals surface area contributed by atoms with Crippen molar-refractivity contribution in [2.24, 2.45) is 0 Å². The normalized spacial score (nSPS) is 12.9. The van der Waals surface area contributed by atoms with E-state index >= 15 is 0 Å². The van der Waals surface area contributed by atoms with Gasteiger partial charge < -0.3 is 9.15 Å². The molecule has 0 fully saturated rings. The number of aryl methyl sites for hydroxylation is 2. The first-order chi connectivity index (χ1) is 13.0. The highest BCUT2D eigenvalue weighted by atomic mass is 16.5. The fraction of sp³-hybridized carbons (Fsp3) is 0.227. The largest absolute Gasteiger partial charge is 0.496 e. The minimum atomic E-state index is -0.362. The Bertz CT molecular complexity index is 1180. The predicted octanol–water partition coefficient (Wildman–Crippen LogP) is 3.84. The minimum absolute atomic E-state index is 0.146. The van der Waals surface area contributed by atoms with Crippen LogP contribution in [0.3, 0.4) is 0 Å². The van der Waals surface area contributed by atoms with Crippen LogP contribution in [0.2, 0.25) is 0 Å². The van der Waals surface area contributed by atoms with Crippen molar-refractivity contribution >= 4 is 22.5 Å². The van der Waals surface area contributed by atoms with Crippen LogP contribution in [0, 0.1) is 6.92 Å². The predicted molar refractivity (Wildman–Crippen MR) is 101 cm³/mol. The topological polar surface area (TPSA) is 73.6 Å². The number of ketones is 2. The van der Waals surface area contributed by atoms with Crippen LogP contribution in [-0.4, -0.2) is 18.7 Å². The summed E-state index contributed by atoms with van der Waals surface area (Å²) in [5.74, 6) is 0.206. The van der Waals surface area contributed by atoms with Gasteiger partial charge in [-0.15, -0.1) is 0 Å². The molecular formula is C22H18O5. The summed E-state index contributed by atoms with van der Waals surface area (Å²) < 4.78 is 11.3. The highest BCUT2D eigenvalue weighted by molar-refractivity contribution is 6.32. The number of fused-ring (bicyclic) bond motifs is 4. The molecule has 136 valence electrons. The Labute approximate surface area is 155 Å². The van der Waals surface area contributed by atoms with Crippen LogP contribution >= 0.6 is 0 Å². The highest BCUT2D eigenvalue weighted by Crippen LogP contribution is 2.37. The smallest absolute Gasteiger partial charge is 0.202 e. The molecule has 1 aliphatic carbocycles. The fourth-order valence-electron chi connectivity index (χ4n) is 3.74. The molecule has 0 saturated carbocycles. The highest BCUT2D eigenvalue weighted by Gasteiger charge is 2.35. The Morgan fingerprint density at radius 3 is 2.48 bits per heavy atom. The Kier molecular flexibility index (Phi) is 3.95. The molecule has 0 aliphatic heterocycles. The van der Waals surface area contributed by atoms with Crippen molar-refractivity contribution < 1.29 is 18.7 Å². The number of hydrogen-bond donors (Lipinski definition) is 0. The summed E-state index contributed by atoms with van der Waals surface area (Å²) in [4.78, 5) is 39.1. The molecule has 2 aromatic carbocycles. The second kappa shape index (κ2) is 6.20. The SMILES string of the molecule is CCCc1cc(=O)c2c(C)cc3c(c2o1)C(=O)c1c(OC)cccc1C3=O. The Morgan fingerprint density at radius 2 is 1.78 bits per heavy atom. The number of rotatable bonds is 3. The number of methoxy groups -OCH3 is 1. The standard InChI is InChI=1S/C22H18O5/c1-4-6-12-10-15(23)17-11(2)9-14-19(22(17)27-12)21(25)18-13(20(14)24)7-5-8-16(18)26-3/h5,7-10H,4,6H2,1-3H3. The second-order valence-corrected chi connectivity index (χ2v) is 6.69. The first-order valence-electron chi connectivity index (χ1n) is 8.84. The maximum atomic E-state index is 13.3. The van der Waals surface area contributed by atoms with E-state index in [1.165, 1.54) is 13.2 Å². The van der Waals surface area contributed by atoms with Crippen LogP contribution in [0.15, 0.2) is 39.5 Å². The van der Waals surface area contributed by atoms with E-state index in [-0.39, 0.29) is 39.3 Å². The number of ether oxygens (including phenoxy) is 1. The third kappa shape index (κ3) is 2.42. The number of carbonyl (C=O) groups excluding carboxylic acids is 2. The van der Waals surface area contributed by atoms with E-state index in [2.05, 4.69) is 0 Å². The molecule has 0 amide bonds. The molecule has 4 rings (SSSR count). The molecule has 0 saturated heterocycles. The quantitative estimate of drug-likeness (QED) is 0.554. The van der Waals surface area contributed by atoms with Crippen molar-refractivity contribution in [3.63, 3.8) is 0 Å². The van der Waals surface area contributed by atoms with Gasteiger partial charge in [0.2, 0.25) is 5.78 Å². The molecule has 5 nitrogen and oxygen atoms in total. The molecule has 0 N–H and O–H groups in total. The molecule has 0 unspecified atom stereocenters. The summed E-state index contributed by atoms with van der Waals surface area (Å²) in [7, 11) is 1.45. The van der Waals surface area contributed by atoms with Gasteiger partial charge in [-0.25, -0.2) is 0 Å². The molecule has 5 heteroatoms. The van der Waals surface area contributed by atoms with Crippen molar-refractivity contribution in [2.75, 3.05) is 7.11 Å². The van der Waals surface area contributed by atoms with E-state index in [0.29, 0.717) is 34.4 Å². The van der Waals surface area contributed by atoms with Crippen LogP contribution in [0.4, 0.5) is 0 Å². The molecule has 1 aromatic heterocycles. The lowest BCUT2D eigenvalue weighted by Gasteiger charge is -2.21. The molecule has 0 atom stereocenters. The summed E-state index contributed by atoms with van der Waals surface area (Å²) in [5, 5.41) is 0.341. The van der Waals surface area contributed by atoms with Gasteiger partial charge in [-0.05, 0) is 31.0 Å². The summed E-state index contributed by atoms with van der Waals surface area (Å²) in [5.41, 5.74) is 1.54. The monoisotopic (exact) mass is 362 g/mol. The lowest BCUT2D eigenvalue weighted by molar-refractivity contribution is 0.0977. The zero-order chi connectivity index (χ0) is 19.3. The molecule has 1 aliphatic rings. The van der Waals surface area contributed by atoms with E-state index in [1.807, 2.05) is 6.92 Å². The van der Waals surface area contributed by atoms with Crippen LogP contribution in [0.1, 0.15) is 56.5 Å². The molecule has 3 aromatic rings. The lowest BCUT2D eigenvalue weighted by Crippen LogP contribution is -2.23. The summed E-state index contributed by atoms with van der Waals surface area (Å²) in [6.45, 7) is 3.73. The zero-order valence-corrected chi connectivity index (χ0v) is 15.3. The Morgan fingerprint density at radius 1 is 1.00 bits per heavy atom. The first-order valence-corrected chi connectivity index (χ1v) is 8.84.